The van der Waals surface area contributed by atoms with Gasteiger partial charge in [-0.3, -0.25) is 0 Å². The number of nitrogens with zero attached hydrogens (tertiary/aromatic N) is 2. The number of aromatic nitrogens is 2. The molecule has 2 unspecified atom stereocenters. The topological polar surface area (TPSA) is 90.4 Å². The van der Waals surface area contributed by atoms with Gasteiger partial charge in [0.2, 0.25) is 11.8 Å². The smallest absolute Gasteiger partial charge is 0.229 e. The fraction of sp³-hybridized carbons (Fsp3) is 0.524. The quantitative estimate of drug-likeness (QED) is 0.747. The van der Waals surface area contributed by atoms with Gasteiger partial charge in [-0.2, -0.15) is 0 Å². The molecular formula is C21H24FN3O4S. The van der Waals surface area contributed by atoms with Crippen LogP contribution in [0.2, 0.25) is 0 Å². The molecule has 0 spiro atoms. The Morgan fingerprint density at radius 1 is 1.07 bits per heavy atom. The number of hydrogen-bond donors (Lipinski definition) is 1. The molecule has 1 saturated carbocycles. The number of halogens is 1. The molecule has 3 heterocycles. The van der Waals surface area contributed by atoms with Crippen molar-refractivity contribution in [3.63, 3.8) is 0 Å². The summed E-state index contributed by atoms with van der Waals surface area (Å²) < 4.78 is 51.0. The van der Waals surface area contributed by atoms with Crippen molar-refractivity contribution < 1.29 is 22.3 Å². The number of fused-ring (bicyclic) bond motifs is 2. The first-order chi connectivity index (χ1) is 14.4. The van der Waals surface area contributed by atoms with E-state index >= 15 is 0 Å². The molecule has 2 aliphatic heterocycles. The van der Waals surface area contributed by atoms with Crippen molar-refractivity contribution in [2.24, 2.45) is 0 Å². The molecule has 1 aliphatic carbocycles. The molecule has 3 fully saturated rings. The zero-order valence-corrected chi connectivity index (χ0v) is 17.5. The van der Waals surface area contributed by atoms with Gasteiger partial charge in [0.1, 0.15) is 12.4 Å². The van der Waals surface area contributed by atoms with E-state index in [1.807, 2.05) is 0 Å². The third-order valence-corrected chi connectivity index (χ3v) is 8.36. The van der Waals surface area contributed by atoms with Crippen LogP contribution in [0.1, 0.15) is 44.1 Å². The average molecular weight is 434 g/mol. The largest absolute Gasteiger partial charge is 0.474 e. The molecule has 0 radical (unpaired) electrons. The van der Waals surface area contributed by atoms with Gasteiger partial charge in [-0.05, 0) is 63.6 Å². The number of sulfone groups is 1. The van der Waals surface area contributed by atoms with Crippen LogP contribution in [0, 0.1) is 12.7 Å². The molecule has 1 N–H and O–H groups in total. The summed E-state index contributed by atoms with van der Waals surface area (Å²) in [6.07, 6.45) is 6.88. The number of hydrogen-bond acceptors (Lipinski definition) is 7. The van der Waals surface area contributed by atoms with Gasteiger partial charge in [0, 0.05) is 12.1 Å². The van der Waals surface area contributed by atoms with Crippen molar-refractivity contribution in [1.29, 1.82) is 0 Å². The highest BCUT2D eigenvalue weighted by atomic mass is 32.2. The number of nitrogens with one attached hydrogen (secondary N) is 1. The van der Waals surface area contributed by atoms with Crippen molar-refractivity contribution in [1.82, 2.24) is 15.3 Å². The lowest BCUT2D eigenvalue weighted by molar-refractivity contribution is 0.130. The molecule has 3 atom stereocenters. The molecule has 1 aromatic carbocycles. The predicted octanol–water partition coefficient (Wildman–Crippen LogP) is 3.31. The molecule has 9 heteroatoms. The maximum atomic E-state index is 14.6. The Kier molecular flexibility index (Phi) is 4.89. The van der Waals surface area contributed by atoms with E-state index in [-0.39, 0.29) is 22.6 Å². The minimum Gasteiger partial charge on any atom is -0.474 e. The standard InChI is InChI=1S/C21H24FN3O4S/c1-12-20(28-15-8-13-2-3-14(9-15)25-13)23-11-24-21(12)29-19-7-6-17(10-18(19)22)30(26,27)16-4-5-16/h6-7,10-11,13-16,25H,2-5,8-9H2,1H3/t13-,14?,15?/m0/s1. The van der Waals surface area contributed by atoms with Crippen LogP contribution in [0.25, 0.3) is 0 Å². The molecule has 2 aromatic rings. The van der Waals surface area contributed by atoms with Crippen LogP contribution in [0.3, 0.4) is 0 Å². The Labute approximate surface area is 174 Å². The molecule has 160 valence electrons. The van der Waals surface area contributed by atoms with Crippen LogP contribution < -0.4 is 14.8 Å². The third-order valence-electron chi connectivity index (χ3n) is 6.10. The van der Waals surface area contributed by atoms with E-state index in [0.717, 1.165) is 18.9 Å². The Hall–Kier alpha value is -2.26. The van der Waals surface area contributed by atoms with Gasteiger partial charge in [0.15, 0.2) is 21.4 Å². The first-order valence-electron chi connectivity index (χ1n) is 10.4. The Morgan fingerprint density at radius 3 is 2.43 bits per heavy atom. The summed E-state index contributed by atoms with van der Waals surface area (Å²) >= 11 is 0. The highest BCUT2D eigenvalue weighted by molar-refractivity contribution is 7.92. The van der Waals surface area contributed by atoms with Gasteiger partial charge in [-0.15, -0.1) is 0 Å². The first-order valence-corrected chi connectivity index (χ1v) is 11.9. The van der Waals surface area contributed by atoms with Gasteiger partial charge in [-0.25, -0.2) is 22.8 Å². The monoisotopic (exact) mass is 433 g/mol. The zero-order chi connectivity index (χ0) is 20.9. The maximum absolute atomic E-state index is 14.6. The van der Waals surface area contributed by atoms with Crippen molar-refractivity contribution in [2.45, 2.75) is 73.8 Å². The highest BCUT2D eigenvalue weighted by Crippen LogP contribution is 2.36. The van der Waals surface area contributed by atoms with Gasteiger partial charge in [0.05, 0.1) is 15.7 Å². The van der Waals surface area contributed by atoms with E-state index in [4.69, 9.17) is 9.47 Å². The van der Waals surface area contributed by atoms with Crippen LogP contribution >= 0.6 is 0 Å². The molecular weight excluding hydrogens is 409 g/mol. The van der Waals surface area contributed by atoms with Gasteiger partial charge in [0.25, 0.3) is 0 Å². The van der Waals surface area contributed by atoms with E-state index in [0.29, 0.717) is 36.4 Å². The molecule has 3 aliphatic rings. The Morgan fingerprint density at radius 2 is 1.77 bits per heavy atom. The maximum Gasteiger partial charge on any atom is 0.229 e. The lowest BCUT2D eigenvalue weighted by Gasteiger charge is -2.29. The summed E-state index contributed by atoms with van der Waals surface area (Å²) in [6.45, 7) is 1.77. The van der Waals surface area contributed by atoms with E-state index in [2.05, 4.69) is 15.3 Å². The van der Waals surface area contributed by atoms with Crippen LogP contribution in [0.15, 0.2) is 29.4 Å². The van der Waals surface area contributed by atoms with E-state index < -0.39 is 20.9 Å². The Balaban J connectivity index is 1.33. The molecule has 7 nitrogen and oxygen atoms in total. The predicted molar refractivity (Wildman–Crippen MR) is 107 cm³/mol. The molecule has 0 amide bonds. The lowest BCUT2D eigenvalue weighted by Crippen LogP contribution is -2.42. The fourth-order valence-corrected chi connectivity index (χ4v) is 5.98. The Bertz CT molecular complexity index is 1060. The minimum absolute atomic E-state index is 0.0150. The van der Waals surface area contributed by atoms with E-state index in [1.165, 1.54) is 31.3 Å². The summed E-state index contributed by atoms with van der Waals surface area (Å²) in [5.74, 6) is -0.210. The number of ether oxygens (including phenoxy) is 2. The van der Waals surface area contributed by atoms with Crippen molar-refractivity contribution in [3.8, 4) is 17.5 Å². The van der Waals surface area contributed by atoms with Crippen molar-refractivity contribution >= 4 is 9.84 Å². The molecule has 5 rings (SSSR count). The minimum atomic E-state index is -3.46. The summed E-state index contributed by atoms with van der Waals surface area (Å²) in [5, 5.41) is 3.18. The van der Waals surface area contributed by atoms with E-state index in [9.17, 15) is 12.8 Å². The zero-order valence-electron chi connectivity index (χ0n) is 16.7. The van der Waals surface area contributed by atoms with Crippen LogP contribution in [-0.4, -0.2) is 41.8 Å². The molecule has 2 saturated heterocycles. The normalized spacial score (nSPS) is 25.9. The molecule has 30 heavy (non-hydrogen) atoms. The van der Waals surface area contributed by atoms with E-state index in [1.54, 1.807) is 6.92 Å². The van der Waals surface area contributed by atoms with Crippen molar-refractivity contribution in [2.75, 3.05) is 0 Å². The average Bonchev–Trinajstić information content (AvgIpc) is 3.52. The van der Waals surface area contributed by atoms with Gasteiger partial charge in [-0.1, -0.05) is 0 Å². The molecule has 1 aromatic heterocycles. The first kappa shape index (κ1) is 19.7. The summed E-state index contributed by atoms with van der Waals surface area (Å²) in [5.41, 5.74) is 0.581. The number of rotatable bonds is 6. The van der Waals surface area contributed by atoms with Crippen LogP contribution in [-0.2, 0) is 9.84 Å². The van der Waals surface area contributed by atoms with Crippen LogP contribution in [0.5, 0.6) is 17.5 Å². The third kappa shape index (κ3) is 3.76. The molecule has 2 bridgehead atoms. The second-order valence-electron chi connectivity index (χ2n) is 8.40. The number of piperidine rings is 1. The SMILES string of the molecule is Cc1c(Oc2ccc(S(=O)(=O)C3CC3)cc2F)ncnc1OC1CC2CC[C@@H](C1)N2. The number of benzene rings is 1. The second kappa shape index (κ2) is 7.46. The van der Waals surface area contributed by atoms with Crippen molar-refractivity contribution in [3.05, 3.63) is 35.9 Å². The highest BCUT2D eigenvalue weighted by Gasteiger charge is 2.37. The van der Waals surface area contributed by atoms with Gasteiger partial charge >= 0.3 is 0 Å². The summed E-state index contributed by atoms with van der Waals surface area (Å²) in [6, 6.07) is 4.71. The second-order valence-corrected chi connectivity index (χ2v) is 10.6. The summed E-state index contributed by atoms with van der Waals surface area (Å²) in [4.78, 5) is 8.33. The van der Waals surface area contributed by atoms with Crippen LogP contribution in [0.4, 0.5) is 4.39 Å². The van der Waals surface area contributed by atoms with Gasteiger partial charge < -0.3 is 14.8 Å². The summed E-state index contributed by atoms with van der Waals surface area (Å²) in [7, 11) is -3.46. The fourth-order valence-electron chi connectivity index (χ4n) is 4.32. The lowest BCUT2D eigenvalue weighted by atomic mass is 10.0.